The highest BCUT2D eigenvalue weighted by Crippen LogP contribution is 2.18. The number of nitrogens with one attached hydrogen (secondary N) is 1. The van der Waals surface area contributed by atoms with Crippen LogP contribution in [-0.4, -0.2) is 36.1 Å². The van der Waals surface area contributed by atoms with Crippen LogP contribution < -0.4 is 5.32 Å². The van der Waals surface area contributed by atoms with E-state index in [9.17, 15) is 9.59 Å². The molecule has 28 heavy (non-hydrogen) atoms. The molecule has 1 N–H and O–H groups in total. The molecule has 1 fully saturated rings. The zero-order valence-corrected chi connectivity index (χ0v) is 17.0. The number of thioether (sulfide) groups is 1. The average Bonchev–Trinajstić information content (AvgIpc) is 3.03. The van der Waals surface area contributed by atoms with Crippen molar-refractivity contribution in [3.63, 3.8) is 0 Å². The maximum atomic E-state index is 13.2. The summed E-state index contributed by atoms with van der Waals surface area (Å²) in [6.45, 7) is 1.48. The summed E-state index contributed by atoms with van der Waals surface area (Å²) < 4.78 is 0. The van der Waals surface area contributed by atoms with Gasteiger partial charge in [-0.2, -0.15) is 0 Å². The van der Waals surface area contributed by atoms with Gasteiger partial charge >= 0.3 is 0 Å². The van der Waals surface area contributed by atoms with Crippen LogP contribution in [0.1, 0.15) is 41.6 Å². The number of amides is 2. The first-order chi connectivity index (χ1) is 13.7. The summed E-state index contributed by atoms with van der Waals surface area (Å²) in [6.07, 6.45) is 8.12. The molecule has 0 aromatic heterocycles. The Morgan fingerprint density at radius 1 is 0.929 bits per heavy atom. The van der Waals surface area contributed by atoms with E-state index in [1.807, 2.05) is 53.6 Å². The molecule has 0 spiro atoms. The quantitative estimate of drug-likeness (QED) is 0.596. The molecule has 4 nitrogen and oxygen atoms in total. The molecular formula is C23H26N2O2S. The van der Waals surface area contributed by atoms with Gasteiger partial charge in [0.05, 0.1) is 0 Å². The number of carbonyl (C=O) groups excluding carboxylic acids is 2. The highest BCUT2D eigenvalue weighted by Gasteiger charge is 2.21. The molecule has 3 rings (SSSR count). The lowest BCUT2D eigenvalue weighted by atomic mass is 10.1. The number of benzene rings is 2. The summed E-state index contributed by atoms with van der Waals surface area (Å²) in [4.78, 5) is 28.9. The Morgan fingerprint density at radius 2 is 1.57 bits per heavy atom. The Balaban J connectivity index is 1.86. The number of carbonyl (C=O) groups is 2. The summed E-state index contributed by atoms with van der Waals surface area (Å²) >= 11 is 1.67. The van der Waals surface area contributed by atoms with Crippen LogP contribution in [0, 0.1) is 0 Å². The van der Waals surface area contributed by atoms with Crippen LogP contribution >= 0.6 is 11.8 Å². The third kappa shape index (κ3) is 5.49. The molecule has 0 unspecified atom stereocenters. The number of hydrogen-bond acceptors (Lipinski definition) is 3. The SMILES string of the molecule is CSc1ccc(C=C(NC(=O)c2ccccc2)C(=O)N2CCCCCC2)cc1. The van der Waals surface area contributed by atoms with E-state index in [1.165, 1.54) is 0 Å². The molecule has 5 heteroatoms. The maximum Gasteiger partial charge on any atom is 0.270 e. The molecule has 1 heterocycles. The molecule has 146 valence electrons. The Morgan fingerprint density at radius 3 is 2.18 bits per heavy atom. The van der Waals surface area contributed by atoms with Gasteiger partial charge in [-0.05, 0) is 55.0 Å². The number of rotatable bonds is 5. The van der Waals surface area contributed by atoms with Gasteiger partial charge in [0.15, 0.2) is 0 Å². The molecule has 2 aromatic carbocycles. The first kappa shape index (κ1) is 20.2. The van der Waals surface area contributed by atoms with Crippen LogP contribution in [0.5, 0.6) is 0 Å². The summed E-state index contributed by atoms with van der Waals surface area (Å²) in [6, 6.07) is 17.0. The lowest BCUT2D eigenvalue weighted by molar-refractivity contribution is -0.127. The van der Waals surface area contributed by atoms with Crippen molar-refractivity contribution in [2.75, 3.05) is 19.3 Å². The van der Waals surface area contributed by atoms with Crippen LogP contribution in [0.2, 0.25) is 0 Å². The van der Waals surface area contributed by atoms with Gasteiger partial charge in [-0.1, -0.05) is 43.2 Å². The van der Waals surface area contributed by atoms with Gasteiger partial charge in [-0.3, -0.25) is 9.59 Å². The second-order valence-electron chi connectivity index (χ2n) is 6.86. The minimum Gasteiger partial charge on any atom is -0.337 e. The van der Waals surface area contributed by atoms with Crippen molar-refractivity contribution in [2.45, 2.75) is 30.6 Å². The lowest BCUT2D eigenvalue weighted by Gasteiger charge is -2.22. The van der Waals surface area contributed by atoms with Crippen molar-refractivity contribution in [2.24, 2.45) is 0 Å². The van der Waals surface area contributed by atoms with Gasteiger partial charge < -0.3 is 10.2 Å². The van der Waals surface area contributed by atoms with Crippen LogP contribution in [0.15, 0.2) is 65.2 Å². The average molecular weight is 395 g/mol. The highest BCUT2D eigenvalue weighted by molar-refractivity contribution is 7.98. The fourth-order valence-electron chi connectivity index (χ4n) is 3.25. The van der Waals surface area contributed by atoms with Crippen LogP contribution in [0.3, 0.4) is 0 Å². The molecular weight excluding hydrogens is 368 g/mol. The van der Waals surface area contributed by atoms with Gasteiger partial charge in [0.2, 0.25) is 0 Å². The van der Waals surface area contributed by atoms with E-state index in [4.69, 9.17) is 0 Å². The maximum absolute atomic E-state index is 13.2. The van der Waals surface area contributed by atoms with Crippen LogP contribution in [-0.2, 0) is 4.79 Å². The van der Waals surface area contributed by atoms with Gasteiger partial charge in [-0.15, -0.1) is 11.8 Å². The van der Waals surface area contributed by atoms with Gasteiger partial charge in [-0.25, -0.2) is 0 Å². The molecule has 0 aliphatic carbocycles. The van der Waals surface area contributed by atoms with E-state index >= 15 is 0 Å². The first-order valence-corrected chi connectivity index (χ1v) is 10.9. The van der Waals surface area contributed by atoms with E-state index < -0.39 is 0 Å². The van der Waals surface area contributed by atoms with Gasteiger partial charge in [0.25, 0.3) is 11.8 Å². The Labute approximate surface area is 171 Å². The van der Waals surface area contributed by atoms with Crippen molar-refractivity contribution in [3.05, 3.63) is 71.4 Å². The summed E-state index contributed by atoms with van der Waals surface area (Å²) in [5.74, 6) is -0.379. The third-order valence-corrected chi connectivity index (χ3v) is 5.58. The lowest BCUT2D eigenvalue weighted by Crippen LogP contribution is -2.39. The Hall–Kier alpha value is -2.53. The van der Waals surface area contributed by atoms with Crippen molar-refractivity contribution in [1.29, 1.82) is 0 Å². The third-order valence-electron chi connectivity index (χ3n) is 4.83. The van der Waals surface area contributed by atoms with Gasteiger partial charge in [0.1, 0.15) is 5.70 Å². The van der Waals surface area contributed by atoms with Crippen LogP contribution in [0.25, 0.3) is 6.08 Å². The number of hydrogen-bond donors (Lipinski definition) is 1. The molecule has 1 saturated heterocycles. The normalized spacial score (nSPS) is 15.0. The molecule has 0 atom stereocenters. The number of nitrogens with zero attached hydrogens (tertiary/aromatic N) is 1. The predicted molar refractivity (Wildman–Crippen MR) is 115 cm³/mol. The van der Waals surface area contributed by atoms with E-state index in [0.717, 1.165) is 49.2 Å². The van der Waals surface area contributed by atoms with Crippen molar-refractivity contribution >= 4 is 29.7 Å². The molecule has 2 aromatic rings. The molecule has 1 aliphatic heterocycles. The number of likely N-dealkylation sites (tertiary alicyclic amines) is 1. The fraction of sp³-hybridized carbons (Fsp3) is 0.304. The smallest absolute Gasteiger partial charge is 0.270 e. The topological polar surface area (TPSA) is 49.4 Å². The van der Waals surface area contributed by atoms with Crippen molar-refractivity contribution < 1.29 is 9.59 Å². The molecule has 1 aliphatic rings. The summed E-state index contributed by atoms with van der Waals surface area (Å²) in [5.41, 5.74) is 1.76. The highest BCUT2D eigenvalue weighted by atomic mass is 32.2. The predicted octanol–water partition coefficient (Wildman–Crippen LogP) is 4.58. The fourth-order valence-corrected chi connectivity index (χ4v) is 3.65. The second-order valence-corrected chi connectivity index (χ2v) is 7.74. The molecule has 0 saturated carbocycles. The summed E-state index contributed by atoms with van der Waals surface area (Å²) in [5, 5.41) is 2.85. The molecule has 0 radical (unpaired) electrons. The summed E-state index contributed by atoms with van der Waals surface area (Å²) in [7, 11) is 0. The molecule has 0 bridgehead atoms. The zero-order chi connectivity index (χ0) is 19.8. The van der Waals surface area contributed by atoms with Crippen molar-refractivity contribution in [3.8, 4) is 0 Å². The van der Waals surface area contributed by atoms with Crippen molar-refractivity contribution in [1.82, 2.24) is 10.2 Å². The first-order valence-electron chi connectivity index (χ1n) is 9.69. The standard InChI is InChI=1S/C23H26N2O2S/c1-28-20-13-11-18(12-14-20)17-21(23(27)25-15-7-2-3-8-16-25)24-22(26)19-9-5-4-6-10-19/h4-6,9-14,17H,2-3,7-8,15-16H2,1H3,(H,24,26). The second kappa shape index (κ2) is 10.1. The van der Waals surface area contributed by atoms with E-state index in [2.05, 4.69) is 5.32 Å². The van der Waals surface area contributed by atoms with Crippen LogP contribution in [0.4, 0.5) is 0 Å². The van der Waals surface area contributed by atoms with Gasteiger partial charge in [0, 0.05) is 23.5 Å². The van der Waals surface area contributed by atoms with E-state index in [1.54, 1.807) is 30.0 Å². The Bertz CT molecular complexity index is 823. The minimum atomic E-state index is -0.268. The largest absolute Gasteiger partial charge is 0.337 e. The zero-order valence-electron chi connectivity index (χ0n) is 16.2. The minimum absolute atomic E-state index is 0.111. The molecule has 2 amide bonds. The van der Waals surface area contributed by atoms with E-state index in [0.29, 0.717) is 11.3 Å². The Kier molecular flexibility index (Phi) is 7.31. The van der Waals surface area contributed by atoms with E-state index in [-0.39, 0.29) is 11.8 Å². The monoisotopic (exact) mass is 394 g/mol.